The number of halogens is 1. The van der Waals surface area contributed by atoms with Crippen LogP contribution in [0.2, 0.25) is 0 Å². The average molecular weight is 159 g/mol. The molecule has 0 aliphatic rings. The molecule has 0 aromatic carbocycles. The van der Waals surface area contributed by atoms with Crippen LogP contribution >= 0.6 is 11.3 Å². The number of hydrogen-bond acceptors (Lipinski definition) is 2. The lowest BCUT2D eigenvalue weighted by Crippen LogP contribution is -2.05. The highest BCUT2D eigenvalue weighted by atomic mass is 32.1. The number of aryl methyl sites for hydroxylation is 1. The van der Waals surface area contributed by atoms with E-state index in [1.165, 1.54) is 11.3 Å². The summed E-state index contributed by atoms with van der Waals surface area (Å²) in [6, 6.07) is 3.69. The molecule has 0 saturated heterocycles. The molecule has 10 heavy (non-hydrogen) atoms. The highest BCUT2D eigenvalue weighted by Gasteiger charge is 2.07. The van der Waals surface area contributed by atoms with E-state index >= 15 is 0 Å². The number of alkyl halides is 1. The van der Waals surface area contributed by atoms with E-state index in [0.717, 1.165) is 9.75 Å². The second-order valence-electron chi connectivity index (χ2n) is 2.15. The Morgan fingerprint density at radius 3 is 2.80 bits per heavy atom. The molecule has 0 radical (unpaired) electrons. The summed E-state index contributed by atoms with van der Waals surface area (Å²) >= 11 is 1.47. The SMILES string of the molecule is Cc1ccc(C(F)CN)s1. The van der Waals surface area contributed by atoms with Gasteiger partial charge in [-0.25, -0.2) is 4.39 Å². The minimum Gasteiger partial charge on any atom is -0.327 e. The van der Waals surface area contributed by atoms with Gasteiger partial charge in [-0.2, -0.15) is 0 Å². The third kappa shape index (κ3) is 1.55. The molecule has 0 aliphatic carbocycles. The van der Waals surface area contributed by atoms with E-state index in [-0.39, 0.29) is 6.54 Å². The van der Waals surface area contributed by atoms with Crippen molar-refractivity contribution in [2.24, 2.45) is 5.73 Å². The number of thiophene rings is 1. The molecular weight excluding hydrogens is 149 g/mol. The summed E-state index contributed by atoms with van der Waals surface area (Å²) in [4.78, 5) is 1.87. The summed E-state index contributed by atoms with van der Waals surface area (Å²) in [6.45, 7) is 2.04. The first-order chi connectivity index (χ1) is 4.74. The maximum absolute atomic E-state index is 12.8. The van der Waals surface area contributed by atoms with Gasteiger partial charge < -0.3 is 5.73 Å². The van der Waals surface area contributed by atoms with Crippen molar-refractivity contribution in [1.82, 2.24) is 0 Å². The molecule has 1 heterocycles. The van der Waals surface area contributed by atoms with E-state index in [1.54, 1.807) is 6.07 Å². The smallest absolute Gasteiger partial charge is 0.146 e. The fourth-order valence-electron chi connectivity index (χ4n) is 0.738. The van der Waals surface area contributed by atoms with Gasteiger partial charge in [0.2, 0.25) is 0 Å². The lowest BCUT2D eigenvalue weighted by molar-refractivity contribution is 0.358. The van der Waals surface area contributed by atoms with E-state index in [4.69, 9.17) is 5.73 Å². The minimum absolute atomic E-state index is 0.0833. The zero-order chi connectivity index (χ0) is 7.56. The van der Waals surface area contributed by atoms with Crippen molar-refractivity contribution < 1.29 is 4.39 Å². The Kier molecular flexibility index (Phi) is 2.40. The van der Waals surface area contributed by atoms with Crippen LogP contribution in [0.15, 0.2) is 12.1 Å². The molecule has 1 aromatic heterocycles. The van der Waals surface area contributed by atoms with Gasteiger partial charge in [-0.15, -0.1) is 11.3 Å². The van der Waals surface area contributed by atoms with Gasteiger partial charge in [0, 0.05) is 16.3 Å². The van der Waals surface area contributed by atoms with Gasteiger partial charge in [0.1, 0.15) is 6.17 Å². The van der Waals surface area contributed by atoms with E-state index in [9.17, 15) is 4.39 Å². The first-order valence-corrected chi connectivity index (χ1v) is 3.96. The molecule has 0 aliphatic heterocycles. The van der Waals surface area contributed by atoms with E-state index in [0.29, 0.717) is 0 Å². The predicted molar refractivity (Wildman–Crippen MR) is 42.0 cm³/mol. The maximum Gasteiger partial charge on any atom is 0.146 e. The molecule has 0 fully saturated rings. The van der Waals surface area contributed by atoms with Crippen molar-refractivity contribution in [3.63, 3.8) is 0 Å². The zero-order valence-corrected chi connectivity index (χ0v) is 6.62. The molecular formula is C7H10FNS. The van der Waals surface area contributed by atoms with Gasteiger partial charge in [-0.3, -0.25) is 0 Å². The highest BCUT2D eigenvalue weighted by molar-refractivity contribution is 7.12. The van der Waals surface area contributed by atoms with Gasteiger partial charge in [0.05, 0.1) is 0 Å². The summed E-state index contributed by atoms with van der Waals surface area (Å²) in [5, 5.41) is 0. The van der Waals surface area contributed by atoms with Crippen LogP contribution in [0.3, 0.4) is 0 Å². The molecule has 0 spiro atoms. The van der Waals surface area contributed by atoms with Crippen LogP contribution in [-0.4, -0.2) is 6.54 Å². The topological polar surface area (TPSA) is 26.0 Å². The van der Waals surface area contributed by atoms with Crippen molar-refractivity contribution in [1.29, 1.82) is 0 Å². The van der Waals surface area contributed by atoms with Gasteiger partial charge in [0.15, 0.2) is 0 Å². The van der Waals surface area contributed by atoms with E-state index in [2.05, 4.69) is 0 Å². The standard InChI is InChI=1S/C7H10FNS/c1-5-2-3-7(10-5)6(8)4-9/h2-3,6H,4,9H2,1H3. The van der Waals surface area contributed by atoms with Crippen molar-refractivity contribution in [2.75, 3.05) is 6.54 Å². The van der Waals surface area contributed by atoms with Crippen LogP contribution in [0.1, 0.15) is 15.9 Å². The summed E-state index contributed by atoms with van der Waals surface area (Å²) in [5.41, 5.74) is 5.14. The normalized spacial score (nSPS) is 13.5. The van der Waals surface area contributed by atoms with E-state index in [1.807, 2.05) is 13.0 Å². The summed E-state index contributed by atoms with van der Waals surface area (Å²) in [5.74, 6) is 0. The van der Waals surface area contributed by atoms with E-state index < -0.39 is 6.17 Å². The van der Waals surface area contributed by atoms with Gasteiger partial charge in [0.25, 0.3) is 0 Å². The molecule has 0 bridgehead atoms. The molecule has 2 N–H and O–H groups in total. The van der Waals surface area contributed by atoms with Crippen molar-refractivity contribution >= 4 is 11.3 Å². The number of rotatable bonds is 2. The minimum atomic E-state index is -0.973. The lowest BCUT2D eigenvalue weighted by atomic mass is 10.3. The van der Waals surface area contributed by atoms with Crippen LogP contribution in [0.5, 0.6) is 0 Å². The van der Waals surface area contributed by atoms with Gasteiger partial charge in [-0.1, -0.05) is 0 Å². The maximum atomic E-state index is 12.8. The molecule has 1 unspecified atom stereocenters. The third-order valence-electron chi connectivity index (χ3n) is 1.28. The second kappa shape index (κ2) is 3.12. The summed E-state index contributed by atoms with van der Waals surface area (Å²) in [7, 11) is 0. The predicted octanol–water partition coefficient (Wildman–Crippen LogP) is 2.03. The van der Waals surface area contributed by atoms with Crippen LogP contribution in [-0.2, 0) is 0 Å². The fourth-order valence-corrected chi connectivity index (χ4v) is 1.61. The Morgan fingerprint density at radius 1 is 1.70 bits per heavy atom. The third-order valence-corrected chi connectivity index (χ3v) is 2.36. The molecule has 3 heteroatoms. The van der Waals surface area contributed by atoms with Crippen LogP contribution in [0.25, 0.3) is 0 Å². The van der Waals surface area contributed by atoms with Crippen molar-refractivity contribution in [3.8, 4) is 0 Å². The zero-order valence-electron chi connectivity index (χ0n) is 5.80. The Bertz CT molecular complexity index is 209. The lowest BCUT2D eigenvalue weighted by Gasteiger charge is -1.98. The van der Waals surface area contributed by atoms with Crippen LogP contribution in [0.4, 0.5) is 4.39 Å². The highest BCUT2D eigenvalue weighted by Crippen LogP contribution is 2.24. The van der Waals surface area contributed by atoms with Crippen LogP contribution in [0, 0.1) is 6.92 Å². The molecule has 1 aromatic rings. The van der Waals surface area contributed by atoms with Gasteiger partial charge >= 0.3 is 0 Å². The number of nitrogens with two attached hydrogens (primary N) is 1. The largest absolute Gasteiger partial charge is 0.327 e. The Morgan fingerprint density at radius 2 is 2.40 bits per heavy atom. The number of hydrogen-bond donors (Lipinski definition) is 1. The summed E-state index contributed by atoms with van der Waals surface area (Å²) in [6.07, 6.45) is -0.973. The molecule has 56 valence electrons. The molecule has 0 amide bonds. The van der Waals surface area contributed by atoms with Crippen LogP contribution < -0.4 is 5.73 Å². The Hall–Kier alpha value is -0.410. The van der Waals surface area contributed by atoms with Gasteiger partial charge in [-0.05, 0) is 19.1 Å². The quantitative estimate of drug-likeness (QED) is 0.702. The fraction of sp³-hybridized carbons (Fsp3) is 0.429. The summed E-state index contributed by atoms with van der Waals surface area (Å²) < 4.78 is 12.8. The first kappa shape index (κ1) is 7.69. The monoisotopic (exact) mass is 159 g/mol. The molecule has 1 atom stereocenters. The molecule has 1 rings (SSSR count). The molecule has 0 saturated carbocycles. The van der Waals surface area contributed by atoms with Crippen molar-refractivity contribution in [2.45, 2.75) is 13.1 Å². The first-order valence-electron chi connectivity index (χ1n) is 3.14. The van der Waals surface area contributed by atoms with Crippen molar-refractivity contribution in [3.05, 3.63) is 21.9 Å². The average Bonchev–Trinajstić information content (AvgIpc) is 2.34. The molecule has 1 nitrogen and oxygen atoms in total. The second-order valence-corrected chi connectivity index (χ2v) is 3.47. The Balaban J connectivity index is 2.74. The Labute approximate surface area is 63.7 Å².